The average molecular weight is 626 g/mol. The van der Waals surface area contributed by atoms with E-state index in [2.05, 4.69) is 63.3 Å². The van der Waals surface area contributed by atoms with E-state index in [-0.39, 0.29) is 30.2 Å². The predicted molar refractivity (Wildman–Crippen MR) is 178 cm³/mol. The molecule has 0 radical (unpaired) electrons. The number of piperidine rings is 2. The van der Waals surface area contributed by atoms with Gasteiger partial charge in [0.2, 0.25) is 11.8 Å². The molecule has 45 heavy (non-hydrogen) atoms. The maximum Gasteiger partial charge on any atom is 0.255 e. The first-order valence-electron chi connectivity index (χ1n) is 16.3. The number of carbonyl (C=O) groups excluding carboxylic acids is 3. The van der Waals surface area contributed by atoms with E-state index in [0.29, 0.717) is 30.5 Å². The zero-order chi connectivity index (χ0) is 30.9. The maximum atomic E-state index is 13.3. The van der Waals surface area contributed by atoms with Gasteiger partial charge in [0, 0.05) is 71.4 Å². The molecule has 8 nitrogen and oxygen atoms in total. The number of fused-ring (bicyclic) bond motifs is 1. The van der Waals surface area contributed by atoms with Crippen LogP contribution in [-0.4, -0.2) is 53.8 Å². The summed E-state index contributed by atoms with van der Waals surface area (Å²) in [5, 5.41) is 10.8. The minimum Gasteiger partial charge on any atom is -0.382 e. The number of anilines is 3. The van der Waals surface area contributed by atoms with Crippen molar-refractivity contribution >= 4 is 46.4 Å². The molecule has 3 unspecified atom stereocenters. The summed E-state index contributed by atoms with van der Waals surface area (Å²) in [4.78, 5) is 41.5. The molecule has 9 heteroatoms. The van der Waals surface area contributed by atoms with Crippen LogP contribution in [0.4, 0.5) is 17.1 Å². The number of nitrogens with one attached hydrogen (secondary N) is 3. The second kappa shape index (κ2) is 12.8. The normalized spacial score (nSPS) is 23.9. The number of hydrogen-bond acceptors (Lipinski definition) is 6. The third-order valence-corrected chi connectivity index (χ3v) is 10.2. The van der Waals surface area contributed by atoms with Gasteiger partial charge in [0.05, 0.1) is 0 Å². The van der Waals surface area contributed by atoms with Crippen LogP contribution in [0, 0.1) is 0 Å². The van der Waals surface area contributed by atoms with Gasteiger partial charge in [0.1, 0.15) is 6.04 Å². The number of rotatable bonds is 7. The van der Waals surface area contributed by atoms with Gasteiger partial charge in [-0.2, -0.15) is 0 Å². The fraction of sp³-hybridized carbons (Fsp3) is 0.417. The molecule has 3 aliphatic heterocycles. The number of benzene rings is 3. The van der Waals surface area contributed by atoms with E-state index in [1.165, 1.54) is 11.3 Å². The highest BCUT2D eigenvalue weighted by atomic mass is 35.5. The lowest BCUT2D eigenvalue weighted by atomic mass is 9.89. The summed E-state index contributed by atoms with van der Waals surface area (Å²) in [5.74, 6) is -0.240. The summed E-state index contributed by atoms with van der Waals surface area (Å²) in [5.41, 5.74) is 6.31. The molecule has 7 rings (SSSR count). The van der Waals surface area contributed by atoms with Crippen LogP contribution < -0.4 is 20.9 Å². The second-order valence-corrected chi connectivity index (χ2v) is 13.4. The molecule has 234 valence electrons. The van der Waals surface area contributed by atoms with E-state index in [1.54, 1.807) is 4.90 Å². The molecular weight excluding hydrogens is 586 g/mol. The van der Waals surface area contributed by atoms with Crippen molar-refractivity contribution in [3.63, 3.8) is 0 Å². The van der Waals surface area contributed by atoms with Crippen molar-refractivity contribution in [2.45, 2.75) is 82.0 Å². The maximum absolute atomic E-state index is 13.3. The van der Waals surface area contributed by atoms with Crippen molar-refractivity contribution in [3.05, 3.63) is 88.4 Å². The minimum absolute atomic E-state index is 0.139. The average Bonchev–Trinajstić information content (AvgIpc) is 3.38. The number of imide groups is 1. The van der Waals surface area contributed by atoms with E-state index in [4.69, 9.17) is 11.6 Å². The Morgan fingerprint density at radius 3 is 2.40 bits per heavy atom. The molecule has 4 aliphatic rings. The molecule has 1 aliphatic carbocycles. The van der Waals surface area contributed by atoms with Crippen molar-refractivity contribution in [2.24, 2.45) is 0 Å². The van der Waals surface area contributed by atoms with Gasteiger partial charge in [-0.25, -0.2) is 0 Å². The number of hydrogen-bond donors (Lipinski definition) is 3. The Morgan fingerprint density at radius 1 is 0.822 bits per heavy atom. The summed E-state index contributed by atoms with van der Waals surface area (Å²) in [6, 6.07) is 22.9. The zero-order valence-electron chi connectivity index (χ0n) is 25.4. The first-order valence-corrected chi connectivity index (χ1v) is 16.7. The van der Waals surface area contributed by atoms with Crippen LogP contribution in [-0.2, 0) is 16.1 Å². The van der Waals surface area contributed by atoms with Crippen molar-refractivity contribution in [1.82, 2.24) is 10.2 Å². The van der Waals surface area contributed by atoms with E-state index < -0.39 is 6.04 Å². The van der Waals surface area contributed by atoms with Gasteiger partial charge < -0.3 is 20.4 Å². The van der Waals surface area contributed by atoms with Crippen LogP contribution >= 0.6 is 11.6 Å². The summed E-state index contributed by atoms with van der Waals surface area (Å²) >= 11 is 6.25. The topological polar surface area (TPSA) is 93.8 Å². The van der Waals surface area contributed by atoms with Gasteiger partial charge in [-0.15, -0.1) is 0 Å². The van der Waals surface area contributed by atoms with Gasteiger partial charge in [0.15, 0.2) is 0 Å². The Balaban J connectivity index is 0.964. The minimum atomic E-state index is -0.608. The Hall–Kier alpha value is -4.04. The lowest BCUT2D eigenvalue weighted by molar-refractivity contribution is -0.136. The summed E-state index contributed by atoms with van der Waals surface area (Å²) in [7, 11) is 0. The third-order valence-electron chi connectivity index (χ3n) is 10.0. The molecule has 3 aromatic rings. The van der Waals surface area contributed by atoms with Gasteiger partial charge in [-0.1, -0.05) is 35.9 Å². The highest BCUT2D eigenvalue weighted by Gasteiger charge is 2.40. The van der Waals surface area contributed by atoms with Crippen molar-refractivity contribution in [2.75, 3.05) is 28.6 Å². The van der Waals surface area contributed by atoms with E-state index in [9.17, 15) is 14.4 Å². The van der Waals surface area contributed by atoms with Gasteiger partial charge in [-0.3, -0.25) is 19.7 Å². The molecule has 0 bridgehead atoms. The highest BCUT2D eigenvalue weighted by Crippen LogP contribution is 2.35. The molecular formula is C36H40ClN5O3. The van der Waals surface area contributed by atoms with Crippen LogP contribution in [0.3, 0.4) is 0 Å². The van der Waals surface area contributed by atoms with Crippen molar-refractivity contribution in [3.8, 4) is 0 Å². The predicted octanol–water partition coefficient (Wildman–Crippen LogP) is 6.32. The van der Waals surface area contributed by atoms with Gasteiger partial charge >= 0.3 is 0 Å². The smallest absolute Gasteiger partial charge is 0.255 e. The molecule has 2 saturated heterocycles. The third kappa shape index (κ3) is 6.39. The SMILES string of the molecule is O=C1CCC(N2Cc3c(NC4CCCC(Nc5cccc(N6CCC(c7cccc(Cl)c7)CC6)c5)C4)cccc3C2=O)C(=O)N1. The monoisotopic (exact) mass is 625 g/mol. The van der Waals surface area contributed by atoms with Gasteiger partial charge in [-0.05, 0) is 98.9 Å². The number of amides is 3. The number of carbonyl (C=O) groups is 3. The Morgan fingerprint density at radius 2 is 1.60 bits per heavy atom. The zero-order valence-corrected chi connectivity index (χ0v) is 26.2. The fourth-order valence-corrected chi connectivity index (χ4v) is 7.85. The second-order valence-electron chi connectivity index (χ2n) is 12.9. The standard InChI is InChI=1S/C36H40ClN5O3/c37-25-6-1-5-24(19-25)23-15-17-41(18-16-23)29-10-3-9-28(21-29)38-26-7-2-8-27(20-26)39-32-12-4-11-30-31(32)22-42(36(30)45)33-13-14-34(43)40-35(33)44/h1,3-6,9-12,19,21,23,26-27,33,38-39H,2,7-8,13-18,20,22H2,(H,40,43,44). The quantitative estimate of drug-likeness (QED) is 0.266. The van der Waals surface area contributed by atoms with E-state index >= 15 is 0 Å². The van der Waals surface area contributed by atoms with Crippen molar-refractivity contribution < 1.29 is 14.4 Å². The van der Waals surface area contributed by atoms with Crippen LogP contribution in [0.2, 0.25) is 5.02 Å². The lowest BCUT2D eigenvalue weighted by Crippen LogP contribution is -2.52. The van der Waals surface area contributed by atoms with E-state index in [1.807, 2.05) is 24.3 Å². The van der Waals surface area contributed by atoms with Crippen LogP contribution in [0.5, 0.6) is 0 Å². The molecule has 1 saturated carbocycles. The lowest BCUT2D eigenvalue weighted by Gasteiger charge is -2.35. The summed E-state index contributed by atoms with van der Waals surface area (Å²) < 4.78 is 0. The van der Waals surface area contributed by atoms with Crippen LogP contribution in [0.15, 0.2) is 66.7 Å². The van der Waals surface area contributed by atoms with Crippen LogP contribution in [0.25, 0.3) is 0 Å². The van der Waals surface area contributed by atoms with E-state index in [0.717, 1.165) is 73.6 Å². The molecule has 3 amide bonds. The molecule has 3 atom stereocenters. The Kier molecular flexibility index (Phi) is 8.41. The molecule has 3 heterocycles. The first kappa shape index (κ1) is 29.7. The Labute approximate surface area is 269 Å². The van der Waals surface area contributed by atoms with Crippen molar-refractivity contribution in [1.29, 1.82) is 0 Å². The summed E-state index contributed by atoms with van der Waals surface area (Å²) in [6.45, 7) is 2.43. The number of nitrogens with zero attached hydrogens (tertiary/aromatic N) is 2. The fourth-order valence-electron chi connectivity index (χ4n) is 7.65. The van der Waals surface area contributed by atoms with Gasteiger partial charge in [0.25, 0.3) is 5.91 Å². The largest absolute Gasteiger partial charge is 0.382 e. The molecule has 3 fully saturated rings. The van der Waals surface area contributed by atoms with Crippen LogP contribution in [0.1, 0.15) is 78.8 Å². The first-order chi connectivity index (χ1) is 21.9. The molecule has 3 aromatic carbocycles. The summed E-state index contributed by atoms with van der Waals surface area (Å²) in [6.07, 6.45) is 7.12. The highest BCUT2D eigenvalue weighted by molar-refractivity contribution is 6.30. The molecule has 3 N–H and O–H groups in total. The molecule has 0 spiro atoms. The molecule has 0 aromatic heterocycles. The Bertz CT molecular complexity index is 1600. The number of halogens is 1.